The molecule has 1 aromatic carbocycles. The number of rotatable bonds is 9. The molecule has 0 bridgehead atoms. The highest BCUT2D eigenvalue weighted by atomic mass is 32.2. The second-order valence-electron chi connectivity index (χ2n) is 5.65. The quantitative estimate of drug-likeness (QED) is 0.698. The van der Waals surface area contributed by atoms with Crippen LogP contribution in [0, 0.1) is 13.8 Å². The minimum absolute atomic E-state index is 0.00845. The van der Waals surface area contributed by atoms with Crippen LogP contribution in [0.4, 0.5) is 0 Å². The summed E-state index contributed by atoms with van der Waals surface area (Å²) in [6, 6.07) is 3.22. The van der Waals surface area contributed by atoms with Crippen molar-refractivity contribution in [2.75, 3.05) is 33.0 Å². The van der Waals surface area contributed by atoms with Crippen molar-refractivity contribution in [2.24, 2.45) is 0 Å². The molecule has 0 saturated carbocycles. The van der Waals surface area contributed by atoms with Crippen LogP contribution in [0.3, 0.4) is 0 Å². The van der Waals surface area contributed by atoms with E-state index in [2.05, 4.69) is 4.72 Å². The van der Waals surface area contributed by atoms with Gasteiger partial charge in [-0.1, -0.05) is 6.92 Å². The van der Waals surface area contributed by atoms with Crippen LogP contribution in [-0.4, -0.2) is 54.1 Å². The van der Waals surface area contributed by atoms with E-state index in [1.807, 2.05) is 20.8 Å². The highest BCUT2D eigenvalue weighted by Crippen LogP contribution is 2.27. The molecule has 0 aliphatic heterocycles. The predicted molar refractivity (Wildman–Crippen MR) is 94.4 cm³/mol. The number of nitrogens with one attached hydrogen (secondary N) is 1. The van der Waals surface area contributed by atoms with Gasteiger partial charge in [0.05, 0.1) is 13.4 Å². The lowest BCUT2D eigenvalue weighted by Gasteiger charge is -2.19. The summed E-state index contributed by atoms with van der Waals surface area (Å²) in [5.41, 5.74) is 1.76. The highest BCUT2D eigenvalue weighted by Gasteiger charge is 2.22. The number of ether oxygens (including phenoxy) is 1. The summed E-state index contributed by atoms with van der Waals surface area (Å²) < 4.78 is 57.2. The smallest absolute Gasteiger partial charge is 0.244 e. The number of methoxy groups -OCH3 is 1. The van der Waals surface area contributed by atoms with E-state index in [1.165, 1.54) is 11.4 Å². The van der Waals surface area contributed by atoms with Gasteiger partial charge in [0.25, 0.3) is 0 Å². The molecule has 0 unspecified atom stereocenters. The lowest BCUT2D eigenvalue weighted by atomic mass is 10.1. The Bertz CT molecular complexity index is 773. The molecule has 1 N–H and O–H groups in total. The zero-order valence-electron chi connectivity index (χ0n) is 14.8. The lowest BCUT2D eigenvalue weighted by molar-refractivity contribution is 0.400. The van der Waals surface area contributed by atoms with Gasteiger partial charge < -0.3 is 4.74 Å². The molecule has 0 aliphatic carbocycles. The normalized spacial score (nSPS) is 12.6. The Hall–Kier alpha value is -1.16. The molecule has 0 amide bonds. The summed E-state index contributed by atoms with van der Waals surface area (Å²) in [4.78, 5) is 0.0505. The molecule has 0 aliphatic rings. The maximum atomic E-state index is 12.5. The van der Waals surface area contributed by atoms with Crippen LogP contribution in [0.1, 0.15) is 24.5 Å². The van der Waals surface area contributed by atoms with E-state index in [0.717, 1.165) is 17.4 Å². The SMILES string of the molecule is CCCN(CCNS(=O)(=O)c1cc(C)c(C)cc1OC)S(C)(=O)=O. The molecule has 0 heterocycles. The molecule has 1 aromatic rings. The third-order valence-electron chi connectivity index (χ3n) is 3.66. The van der Waals surface area contributed by atoms with Crippen molar-refractivity contribution in [3.8, 4) is 5.75 Å². The minimum Gasteiger partial charge on any atom is -0.495 e. The van der Waals surface area contributed by atoms with Gasteiger partial charge in [-0.05, 0) is 43.5 Å². The van der Waals surface area contributed by atoms with Crippen LogP contribution in [0.15, 0.2) is 17.0 Å². The average molecular weight is 379 g/mol. The molecule has 138 valence electrons. The number of hydrogen-bond donors (Lipinski definition) is 1. The third kappa shape index (κ3) is 5.44. The van der Waals surface area contributed by atoms with E-state index >= 15 is 0 Å². The molecule has 7 nitrogen and oxygen atoms in total. The zero-order chi connectivity index (χ0) is 18.5. The lowest BCUT2D eigenvalue weighted by Crippen LogP contribution is -2.38. The van der Waals surface area contributed by atoms with Gasteiger partial charge in [-0.25, -0.2) is 25.9 Å². The summed E-state index contributed by atoms with van der Waals surface area (Å²) in [6.45, 7) is 5.98. The summed E-state index contributed by atoms with van der Waals surface area (Å²) >= 11 is 0. The maximum absolute atomic E-state index is 12.5. The third-order valence-corrected chi connectivity index (χ3v) is 6.45. The van der Waals surface area contributed by atoms with E-state index in [0.29, 0.717) is 13.0 Å². The number of hydrogen-bond acceptors (Lipinski definition) is 5. The van der Waals surface area contributed by atoms with Gasteiger partial charge in [-0.15, -0.1) is 0 Å². The second kappa shape index (κ2) is 8.28. The molecule has 0 saturated heterocycles. The maximum Gasteiger partial charge on any atom is 0.244 e. The van der Waals surface area contributed by atoms with Gasteiger partial charge in [0.1, 0.15) is 10.6 Å². The monoisotopic (exact) mass is 378 g/mol. The summed E-state index contributed by atoms with van der Waals surface area (Å²) in [5, 5.41) is 0. The average Bonchev–Trinajstić information content (AvgIpc) is 2.47. The number of benzene rings is 1. The van der Waals surface area contributed by atoms with E-state index in [4.69, 9.17) is 4.74 Å². The fourth-order valence-corrected chi connectivity index (χ4v) is 4.40. The molecule has 0 aromatic heterocycles. The van der Waals surface area contributed by atoms with Gasteiger partial charge in [0.15, 0.2) is 0 Å². The molecule has 24 heavy (non-hydrogen) atoms. The van der Waals surface area contributed by atoms with Gasteiger partial charge in [0, 0.05) is 19.6 Å². The largest absolute Gasteiger partial charge is 0.495 e. The molecule has 0 atom stereocenters. The molecule has 0 spiro atoms. The predicted octanol–water partition coefficient (Wildman–Crippen LogP) is 1.26. The first-order chi connectivity index (χ1) is 11.0. The van der Waals surface area contributed by atoms with Crippen LogP contribution in [0.25, 0.3) is 0 Å². The number of sulfonamides is 2. The van der Waals surface area contributed by atoms with Crippen LogP contribution < -0.4 is 9.46 Å². The van der Waals surface area contributed by atoms with Crippen LogP contribution in [0.2, 0.25) is 0 Å². The highest BCUT2D eigenvalue weighted by molar-refractivity contribution is 7.89. The van der Waals surface area contributed by atoms with Crippen LogP contribution >= 0.6 is 0 Å². The fourth-order valence-electron chi connectivity index (χ4n) is 2.21. The zero-order valence-corrected chi connectivity index (χ0v) is 16.4. The fraction of sp³-hybridized carbons (Fsp3) is 0.600. The van der Waals surface area contributed by atoms with Gasteiger partial charge in [0.2, 0.25) is 20.0 Å². The molecular weight excluding hydrogens is 352 g/mol. The second-order valence-corrected chi connectivity index (χ2v) is 9.36. The first kappa shape index (κ1) is 20.9. The molecule has 1 rings (SSSR count). The first-order valence-corrected chi connectivity index (χ1v) is 11.0. The van der Waals surface area contributed by atoms with Crippen molar-refractivity contribution >= 4 is 20.0 Å². The molecular formula is C15H26N2O5S2. The van der Waals surface area contributed by atoms with E-state index in [1.54, 1.807) is 12.1 Å². The molecule has 0 fully saturated rings. The molecule has 0 radical (unpaired) electrons. The minimum atomic E-state index is -3.79. The molecule has 9 heteroatoms. The Morgan fingerprint density at radius 2 is 1.67 bits per heavy atom. The van der Waals surface area contributed by atoms with Crippen molar-refractivity contribution in [1.82, 2.24) is 9.03 Å². The topological polar surface area (TPSA) is 92.8 Å². The Morgan fingerprint density at radius 3 is 2.17 bits per heavy atom. The summed E-state index contributed by atoms with van der Waals surface area (Å²) in [5.74, 6) is 0.263. The van der Waals surface area contributed by atoms with E-state index in [-0.39, 0.29) is 23.7 Å². The summed E-state index contributed by atoms with van der Waals surface area (Å²) in [7, 11) is -5.74. The van der Waals surface area contributed by atoms with Gasteiger partial charge in [-0.2, -0.15) is 0 Å². The Morgan fingerprint density at radius 1 is 1.08 bits per heavy atom. The first-order valence-electron chi connectivity index (χ1n) is 7.63. The van der Waals surface area contributed by atoms with Crippen molar-refractivity contribution in [1.29, 1.82) is 0 Å². The standard InChI is InChI=1S/C15H26N2O5S2/c1-6-8-17(23(5,18)19)9-7-16-24(20,21)15-11-13(3)12(2)10-14(15)22-4/h10-11,16H,6-9H2,1-5H3. The van der Waals surface area contributed by atoms with Crippen molar-refractivity contribution in [3.63, 3.8) is 0 Å². The Kier molecular flexibility index (Phi) is 7.21. The van der Waals surface area contributed by atoms with Crippen molar-refractivity contribution in [3.05, 3.63) is 23.3 Å². The number of aryl methyl sites for hydroxylation is 2. The van der Waals surface area contributed by atoms with Gasteiger partial charge >= 0.3 is 0 Å². The number of nitrogens with zero attached hydrogens (tertiary/aromatic N) is 1. The Balaban J connectivity index is 2.93. The van der Waals surface area contributed by atoms with Crippen LogP contribution in [0.5, 0.6) is 5.75 Å². The van der Waals surface area contributed by atoms with Gasteiger partial charge in [-0.3, -0.25) is 0 Å². The van der Waals surface area contributed by atoms with E-state index in [9.17, 15) is 16.8 Å². The summed E-state index contributed by atoms with van der Waals surface area (Å²) in [6.07, 6.45) is 1.77. The van der Waals surface area contributed by atoms with Crippen molar-refractivity contribution in [2.45, 2.75) is 32.1 Å². The van der Waals surface area contributed by atoms with Crippen LogP contribution in [-0.2, 0) is 20.0 Å². The van der Waals surface area contributed by atoms with E-state index < -0.39 is 20.0 Å². The Labute approximate surface area is 145 Å². The van der Waals surface area contributed by atoms with Crippen molar-refractivity contribution < 1.29 is 21.6 Å².